The molecule has 0 spiro atoms. The molecular formula is C14H13Cl2FN4O. The molecule has 0 radical (unpaired) electrons. The summed E-state index contributed by atoms with van der Waals surface area (Å²) in [6, 6.07) is 0.160. The molecule has 0 saturated heterocycles. The molecule has 2 aromatic rings. The van der Waals surface area contributed by atoms with Gasteiger partial charge in [-0.1, -0.05) is 23.8 Å². The predicted octanol–water partition coefficient (Wildman–Crippen LogP) is 3.16. The Morgan fingerprint density at radius 2 is 2.18 bits per heavy atom. The first kappa shape index (κ1) is 15.4. The standard InChI is InChI=1S/C14H13Cl2FN4O/c15-12-10(17)11-9(6-19-14(16)20-11)13(21-12)22-7-8-4-2-1-3-5-18-8/h1-2,6,8,18H,3-5,7H2/t8-/m0/s1. The Kier molecular flexibility index (Phi) is 4.71. The van der Waals surface area contributed by atoms with Crippen molar-refractivity contribution in [2.24, 2.45) is 0 Å². The summed E-state index contributed by atoms with van der Waals surface area (Å²) < 4.78 is 19.7. The van der Waals surface area contributed by atoms with Crippen molar-refractivity contribution in [3.63, 3.8) is 0 Å². The van der Waals surface area contributed by atoms with E-state index in [1.165, 1.54) is 6.20 Å². The van der Waals surface area contributed by atoms with Crippen LogP contribution in [0.3, 0.4) is 0 Å². The minimum atomic E-state index is -0.733. The number of rotatable bonds is 3. The molecule has 0 fully saturated rings. The quantitative estimate of drug-likeness (QED) is 0.527. The van der Waals surface area contributed by atoms with E-state index in [4.69, 9.17) is 27.9 Å². The molecule has 1 atom stereocenters. The van der Waals surface area contributed by atoms with Crippen molar-refractivity contribution < 1.29 is 9.13 Å². The van der Waals surface area contributed by atoms with Crippen molar-refractivity contribution >= 4 is 34.1 Å². The monoisotopic (exact) mass is 342 g/mol. The summed E-state index contributed by atoms with van der Waals surface area (Å²) in [7, 11) is 0. The molecule has 0 bridgehead atoms. The SMILES string of the molecule is Fc1c(Cl)nc(OC[C@@H]2CC=CCCN2)c2cnc(Cl)nc12. The van der Waals surface area contributed by atoms with Gasteiger partial charge in [0, 0.05) is 12.2 Å². The number of nitrogens with zero attached hydrogens (tertiary/aromatic N) is 3. The van der Waals surface area contributed by atoms with Crippen LogP contribution in [0.2, 0.25) is 10.4 Å². The van der Waals surface area contributed by atoms with Gasteiger partial charge in [0.2, 0.25) is 11.2 Å². The molecule has 1 aliphatic heterocycles. The lowest BCUT2D eigenvalue weighted by Gasteiger charge is -2.16. The molecule has 0 amide bonds. The number of nitrogens with one attached hydrogen (secondary N) is 1. The number of halogens is 3. The normalized spacial score (nSPS) is 18.4. The molecule has 1 aliphatic rings. The van der Waals surface area contributed by atoms with Gasteiger partial charge in [-0.05, 0) is 31.0 Å². The molecule has 0 aromatic carbocycles. The molecule has 5 nitrogen and oxygen atoms in total. The number of fused-ring (bicyclic) bond motifs is 1. The third kappa shape index (κ3) is 3.29. The van der Waals surface area contributed by atoms with Gasteiger partial charge in [-0.2, -0.15) is 4.98 Å². The topological polar surface area (TPSA) is 59.9 Å². The van der Waals surface area contributed by atoms with Crippen molar-refractivity contribution in [3.05, 3.63) is 34.6 Å². The van der Waals surface area contributed by atoms with Gasteiger partial charge < -0.3 is 10.1 Å². The molecule has 116 valence electrons. The summed E-state index contributed by atoms with van der Waals surface area (Å²) in [5, 5.41) is 3.34. The number of pyridine rings is 1. The Morgan fingerprint density at radius 3 is 3.05 bits per heavy atom. The van der Waals surface area contributed by atoms with Crippen molar-refractivity contribution in [2.45, 2.75) is 18.9 Å². The smallest absolute Gasteiger partial charge is 0.226 e. The van der Waals surface area contributed by atoms with Gasteiger partial charge in [0.25, 0.3) is 0 Å². The second kappa shape index (κ2) is 6.73. The van der Waals surface area contributed by atoms with E-state index in [2.05, 4.69) is 32.4 Å². The summed E-state index contributed by atoms with van der Waals surface area (Å²) in [5.74, 6) is -0.531. The van der Waals surface area contributed by atoms with Crippen LogP contribution in [0, 0.1) is 5.82 Å². The average Bonchev–Trinajstić information content (AvgIpc) is 2.78. The van der Waals surface area contributed by atoms with Crippen molar-refractivity contribution in [1.29, 1.82) is 0 Å². The summed E-state index contributed by atoms with van der Waals surface area (Å²) >= 11 is 11.5. The van der Waals surface area contributed by atoms with Crippen molar-refractivity contribution in [2.75, 3.05) is 13.2 Å². The fraction of sp³-hybridized carbons (Fsp3) is 0.357. The molecular weight excluding hydrogens is 330 g/mol. The zero-order valence-corrected chi connectivity index (χ0v) is 13.0. The highest BCUT2D eigenvalue weighted by molar-refractivity contribution is 6.30. The van der Waals surface area contributed by atoms with Crippen LogP contribution in [0.1, 0.15) is 12.8 Å². The second-order valence-corrected chi connectivity index (χ2v) is 5.58. The van der Waals surface area contributed by atoms with Gasteiger partial charge >= 0.3 is 0 Å². The molecule has 3 rings (SSSR count). The van der Waals surface area contributed by atoms with Crippen LogP contribution in [-0.4, -0.2) is 34.1 Å². The maximum atomic E-state index is 14.0. The zero-order valence-electron chi connectivity index (χ0n) is 11.5. The molecule has 22 heavy (non-hydrogen) atoms. The molecule has 3 heterocycles. The maximum Gasteiger partial charge on any atom is 0.226 e. The largest absolute Gasteiger partial charge is 0.475 e. The average molecular weight is 343 g/mol. The minimum Gasteiger partial charge on any atom is -0.475 e. The lowest BCUT2D eigenvalue weighted by atomic mass is 10.2. The predicted molar refractivity (Wildman–Crippen MR) is 83.0 cm³/mol. The summed E-state index contributed by atoms with van der Waals surface area (Å²) in [6.07, 6.45) is 7.47. The van der Waals surface area contributed by atoms with E-state index in [0.717, 1.165) is 19.4 Å². The van der Waals surface area contributed by atoms with Crippen LogP contribution >= 0.6 is 23.2 Å². The number of aromatic nitrogens is 3. The summed E-state index contributed by atoms with van der Waals surface area (Å²) in [6.45, 7) is 1.28. The third-order valence-corrected chi connectivity index (χ3v) is 3.76. The molecule has 8 heteroatoms. The van der Waals surface area contributed by atoms with Gasteiger partial charge in [-0.25, -0.2) is 14.4 Å². The summed E-state index contributed by atoms with van der Waals surface area (Å²) in [4.78, 5) is 11.6. The van der Waals surface area contributed by atoms with Gasteiger partial charge in [0.15, 0.2) is 11.0 Å². The fourth-order valence-electron chi connectivity index (χ4n) is 2.23. The first-order chi connectivity index (χ1) is 10.6. The summed E-state index contributed by atoms with van der Waals surface area (Å²) in [5.41, 5.74) is 0.00345. The second-order valence-electron chi connectivity index (χ2n) is 4.88. The molecule has 0 saturated carbocycles. The van der Waals surface area contributed by atoms with Crippen molar-refractivity contribution in [1.82, 2.24) is 20.3 Å². The number of ether oxygens (including phenoxy) is 1. The molecule has 1 N–H and O–H groups in total. The van der Waals surface area contributed by atoms with E-state index in [1.807, 2.05) is 0 Å². The first-order valence-electron chi connectivity index (χ1n) is 6.83. The lowest BCUT2D eigenvalue weighted by Crippen LogP contribution is -2.34. The first-order valence-corrected chi connectivity index (χ1v) is 7.59. The van der Waals surface area contributed by atoms with Crippen LogP contribution in [0.4, 0.5) is 4.39 Å². The Morgan fingerprint density at radius 1 is 1.32 bits per heavy atom. The molecule has 2 aromatic heterocycles. The van der Waals surface area contributed by atoms with E-state index >= 15 is 0 Å². The maximum absolute atomic E-state index is 14.0. The van der Waals surface area contributed by atoms with E-state index in [1.54, 1.807) is 0 Å². The highest BCUT2D eigenvalue weighted by Crippen LogP contribution is 2.29. The Bertz CT molecular complexity index is 726. The van der Waals surface area contributed by atoms with Crippen LogP contribution in [0.15, 0.2) is 18.3 Å². The van der Waals surface area contributed by atoms with Gasteiger partial charge in [0.1, 0.15) is 12.1 Å². The van der Waals surface area contributed by atoms with Crippen LogP contribution in [0.25, 0.3) is 10.9 Å². The Labute approximate surface area is 136 Å². The number of hydrogen-bond donors (Lipinski definition) is 1. The highest BCUT2D eigenvalue weighted by Gasteiger charge is 2.17. The van der Waals surface area contributed by atoms with E-state index in [0.29, 0.717) is 12.0 Å². The van der Waals surface area contributed by atoms with E-state index in [9.17, 15) is 4.39 Å². The Balaban J connectivity index is 1.87. The fourth-order valence-corrected chi connectivity index (χ4v) is 2.53. The number of hydrogen-bond acceptors (Lipinski definition) is 5. The Hall–Kier alpha value is -1.50. The van der Waals surface area contributed by atoms with Gasteiger partial charge in [0.05, 0.1) is 5.39 Å². The van der Waals surface area contributed by atoms with Crippen LogP contribution in [-0.2, 0) is 0 Å². The minimum absolute atomic E-state index is 0.00345. The molecule has 0 aliphatic carbocycles. The van der Waals surface area contributed by atoms with Gasteiger partial charge in [-0.3, -0.25) is 0 Å². The van der Waals surface area contributed by atoms with Crippen LogP contribution < -0.4 is 10.1 Å². The third-order valence-electron chi connectivity index (χ3n) is 3.33. The lowest BCUT2D eigenvalue weighted by molar-refractivity contribution is 0.261. The van der Waals surface area contributed by atoms with E-state index in [-0.39, 0.29) is 27.9 Å². The van der Waals surface area contributed by atoms with Crippen molar-refractivity contribution in [3.8, 4) is 5.88 Å². The molecule has 0 unspecified atom stereocenters. The zero-order chi connectivity index (χ0) is 15.5. The van der Waals surface area contributed by atoms with E-state index < -0.39 is 5.82 Å². The van der Waals surface area contributed by atoms with Crippen LogP contribution in [0.5, 0.6) is 5.88 Å². The van der Waals surface area contributed by atoms with Gasteiger partial charge in [-0.15, -0.1) is 0 Å². The highest BCUT2D eigenvalue weighted by atomic mass is 35.5.